The lowest BCUT2D eigenvalue weighted by atomic mass is 9.90. The zero-order chi connectivity index (χ0) is 17.3. The lowest BCUT2D eigenvalue weighted by molar-refractivity contribution is -0.384. The highest BCUT2D eigenvalue weighted by molar-refractivity contribution is 6.35. The molecule has 1 N–H and O–H groups in total. The fraction of sp³-hybridized carbons (Fsp3) is 0.118. The molecule has 1 aliphatic rings. The zero-order valence-electron chi connectivity index (χ0n) is 12.3. The van der Waals surface area contributed by atoms with Gasteiger partial charge < -0.3 is 5.32 Å². The average molecular weight is 363 g/mol. The second kappa shape index (κ2) is 6.63. The number of non-ortho nitro benzene ring substituents is 1. The van der Waals surface area contributed by atoms with Crippen LogP contribution in [0.3, 0.4) is 0 Å². The Balaban J connectivity index is 2.01. The number of amides is 1. The zero-order valence-corrected chi connectivity index (χ0v) is 13.8. The van der Waals surface area contributed by atoms with Gasteiger partial charge in [0.15, 0.2) is 0 Å². The Kier molecular flexibility index (Phi) is 4.55. The van der Waals surface area contributed by atoms with E-state index in [1.807, 2.05) is 6.08 Å². The van der Waals surface area contributed by atoms with Crippen LogP contribution in [0.2, 0.25) is 10.0 Å². The van der Waals surface area contributed by atoms with Gasteiger partial charge >= 0.3 is 0 Å². The van der Waals surface area contributed by atoms with Crippen LogP contribution in [-0.2, 0) is 4.79 Å². The maximum Gasteiger partial charge on any atom is 0.270 e. The predicted molar refractivity (Wildman–Crippen MR) is 93.0 cm³/mol. The maximum atomic E-state index is 12.1. The first-order valence-corrected chi connectivity index (χ1v) is 7.91. The van der Waals surface area contributed by atoms with Crippen LogP contribution >= 0.6 is 23.2 Å². The van der Waals surface area contributed by atoms with E-state index in [9.17, 15) is 14.9 Å². The van der Waals surface area contributed by atoms with E-state index in [2.05, 4.69) is 5.32 Å². The van der Waals surface area contributed by atoms with Crippen molar-refractivity contribution in [1.29, 1.82) is 0 Å². The molecule has 0 bridgehead atoms. The fourth-order valence-corrected chi connectivity index (χ4v) is 3.21. The van der Waals surface area contributed by atoms with Crippen molar-refractivity contribution in [2.45, 2.75) is 12.3 Å². The number of nitrogens with one attached hydrogen (secondary N) is 1. The molecule has 0 radical (unpaired) electrons. The topological polar surface area (TPSA) is 72.2 Å². The first kappa shape index (κ1) is 16.5. The second-order valence-corrected chi connectivity index (χ2v) is 6.26. The van der Waals surface area contributed by atoms with Gasteiger partial charge in [-0.1, -0.05) is 47.5 Å². The van der Waals surface area contributed by atoms with Gasteiger partial charge in [-0.3, -0.25) is 14.9 Å². The Bertz CT molecular complexity index is 865. The number of hydrogen-bond donors (Lipinski definition) is 1. The van der Waals surface area contributed by atoms with Crippen LogP contribution in [0.5, 0.6) is 0 Å². The molecule has 0 saturated carbocycles. The van der Waals surface area contributed by atoms with Gasteiger partial charge in [-0.05, 0) is 17.7 Å². The molecule has 122 valence electrons. The summed E-state index contributed by atoms with van der Waals surface area (Å²) >= 11 is 12.1. The van der Waals surface area contributed by atoms with E-state index in [0.717, 1.165) is 5.56 Å². The number of halogens is 2. The third-order valence-electron chi connectivity index (χ3n) is 3.78. The first-order valence-electron chi connectivity index (χ1n) is 7.15. The summed E-state index contributed by atoms with van der Waals surface area (Å²) in [5.41, 5.74) is 1.87. The minimum atomic E-state index is -0.470. The van der Waals surface area contributed by atoms with Gasteiger partial charge in [0.05, 0.1) is 4.92 Å². The monoisotopic (exact) mass is 362 g/mol. The van der Waals surface area contributed by atoms with E-state index in [-0.39, 0.29) is 23.9 Å². The molecule has 2 aromatic carbocycles. The number of benzene rings is 2. The molecule has 0 spiro atoms. The first-order chi connectivity index (χ1) is 11.4. The third kappa shape index (κ3) is 3.42. The highest BCUT2D eigenvalue weighted by atomic mass is 35.5. The minimum Gasteiger partial charge on any atom is -0.326 e. The number of hydrogen-bond acceptors (Lipinski definition) is 3. The number of rotatable bonds is 3. The van der Waals surface area contributed by atoms with E-state index >= 15 is 0 Å². The van der Waals surface area contributed by atoms with Crippen LogP contribution in [0.15, 0.2) is 48.5 Å². The summed E-state index contributed by atoms with van der Waals surface area (Å²) in [6.07, 6.45) is 2.11. The number of nitro groups is 1. The van der Waals surface area contributed by atoms with Crippen LogP contribution < -0.4 is 5.32 Å². The highest BCUT2D eigenvalue weighted by Crippen LogP contribution is 2.34. The van der Waals surface area contributed by atoms with Crippen LogP contribution in [-0.4, -0.2) is 10.8 Å². The van der Waals surface area contributed by atoms with Crippen molar-refractivity contribution in [2.75, 3.05) is 0 Å². The summed E-state index contributed by atoms with van der Waals surface area (Å²) in [6.45, 7) is 0. The number of nitrogens with zero attached hydrogens (tertiary/aromatic N) is 1. The second-order valence-electron chi connectivity index (χ2n) is 5.41. The maximum absolute atomic E-state index is 12.1. The van der Waals surface area contributed by atoms with Crippen LogP contribution in [0.4, 0.5) is 5.69 Å². The van der Waals surface area contributed by atoms with E-state index in [1.165, 1.54) is 12.1 Å². The fourth-order valence-electron chi connectivity index (χ4n) is 2.66. The summed E-state index contributed by atoms with van der Waals surface area (Å²) in [5.74, 6) is -0.396. The number of carbonyl (C=O) groups is 1. The van der Waals surface area contributed by atoms with Gasteiger partial charge in [-0.15, -0.1) is 0 Å². The van der Waals surface area contributed by atoms with E-state index in [1.54, 1.807) is 30.3 Å². The Morgan fingerprint density at radius 1 is 1.17 bits per heavy atom. The molecule has 0 fully saturated rings. The van der Waals surface area contributed by atoms with Gasteiger partial charge in [-0.25, -0.2) is 0 Å². The molecule has 0 saturated heterocycles. The van der Waals surface area contributed by atoms with Crippen molar-refractivity contribution in [1.82, 2.24) is 5.32 Å². The third-order valence-corrected chi connectivity index (χ3v) is 4.34. The van der Waals surface area contributed by atoms with Crippen molar-refractivity contribution < 1.29 is 9.72 Å². The van der Waals surface area contributed by atoms with Gasteiger partial charge in [0, 0.05) is 45.8 Å². The Morgan fingerprint density at radius 3 is 2.67 bits per heavy atom. The largest absolute Gasteiger partial charge is 0.326 e. The summed E-state index contributed by atoms with van der Waals surface area (Å²) < 4.78 is 0. The van der Waals surface area contributed by atoms with Gasteiger partial charge in [0.2, 0.25) is 5.91 Å². The summed E-state index contributed by atoms with van der Waals surface area (Å²) in [6, 6.07) is 11.3. The van der Waals surface area contributed by atoms with Gasteiger partial charge in [0.25, 0.3) is 5.69 Å². The Hall–Kier alpha value is -2.37. The Labute approximate surface area is 148 Å². The summed E-state index contributed by atoms with van der Waals surface area (Å²) in [4.78, 5) is 22.5. The van der Waals surface area contributed by atoms with E-state index < -0.39 is 4.92 Å². The number of carbonyl (C=O) groups excluding carboxylic acids is 1. The molecule has 5 nitrogen and oxygen atoms in total. The van der Waals surface area contributed by atoms with Gasteiger partial charge in [0.1, 0.15) is 0 Å². The van der Waals surface area contributed by atoms with Crippen molar-refractivity contribution in [3.8, 4) is 0 Å². The van der Waals surface area contributed by atoms with Crippen LogP contribution in [0.1, 0.15) is 23.5 Å². The van der Waals surface area contributed by atoms with E-state index in [4.69, 9.17) is 23.2 Å². The molecular formula is C17H12Cl2N2O3. The lowest BCUT2D eigenvalue weighted by Gasteiger charge is -2.23. The van der Waals surface area contributed by atoms with Gasteiger partial charge in [-0.2, -0.15) is 0 Å². The van der Waals surface area contributed by atoms with Crippen molar-refractivity contribution >= 4 is 40.5 Å². The standard InChI is InChI=1S/C17H12Cl2N2O3/c18-12-4-5-14(15(19)9-12)11-7-16(20-17(22)8-11)10-2-1-3-13(6-10)21(23)24/h1-7,9,11H,8H2,(H,20,22). The van der Waals surface area contributed by atoms with Crippen molar-refractivity contribution in [2.24, 2.45) is 0 Å². The number of allylic oxidation sites excluding steroid dienone is 1. The average Bonchev–Trinajstić information content (AvgIpc) is 2.54. The lowest BCUT2D eigenvalue weighted by Crippen LogP contribution is -2.28. The molecule has 1 aliphatic heterocycles. The Morgan fingerprint density at radius 2 is 1.96 bits per heavy atom. The molecule has 1 atom stereocenters. The molecule has 3 rings (SSSR count). The van der Waals surface area contributed by atoms with Crippen molar-refractivity contribution in [3.63, 3.8) is 0 Å². The van der Waals surface area contributed by atoms with Crippen LogP contribution in [0, 0.1) is 10.1 Å². The SMILES string of the molecule is O=C1CC(c2ccc(Cl)cc2Cl)C=C(c2cccc([N+](=O)[O-])c2)N1. The molecular weight excluding hydrogens is 351 g/mol. The summed E-state index contributed by atoms with van der Waals surface area (Å²) in [5, 5.41) is 14.7. The molecule has 1 amide bonds. The molecule has 24 heavy (non-hydrogen) atoms. The molecule has 2 aromatic rings. The predicted octanol–water partition coefficient (Wildman–Crippen LogP) is 4.55. The van der Waals surface area contributed by atoms with Crippen LogP contribution in [0.25, 0.3) is 5.70 Å². The molecule has 1 heterocycles. The molecule has 0 aromatic heterocycles. The summed E-state index contributed by atoms with van der Waals surface area (Å²) in [7, 11) is 0. The smallest absolute Gasteiger partial charge is 0.270 e. The minimum absolute atomic E-state index is 0.0331. The molecule has 1 unspecified atom stereocenters. The normalized spacial score (nSPS) is 17.2. The van der Waals surface area contributed by atoms with Crippen molar-refractivity contribution in [3.05, 3.63) is 79.8 Å². The highest BCUT2D eigenvalue weighted by Gasteiger charge is 2.24. The molecule has 0 aliphatic carbocycles. The number of nitro benzene ring substituents is 1. The quantitative estimate of drug-likeness (QED) is 0.643. The van der Waals surface area contributed by atoms with E-state index in [0.29, 0.717) is 21.3 Å². The molecule has 7 heteroatoms.